The number of imidazole rings is 1. The molecule has 3 aromatic rings. The maximum atomic E-state index is 11.6. The number of ether oxygens (including phenoxy) is 1. The number of hydrogen-bond donors (Lipinski definition) is 3. The molecule has 1 aliphatic rings. The van der Waals surface area contributed by atoms with Crippen LogP contribution in [0.2, 0.25) is 0 Å². The van der Waals surface area contributed by atoms with Gasteiger partial charge in [-0.1, -0.05) is 36.1 Å². The molecule has 1 fully saturated rings. The molecule has 1 unspecified atom stereocenters. The Kier molecular flexibility index (Phi) is 19.0. The van der Waals surface area contributed by atoms with Crippen molar-refractivity contribution in [2.75, 3.05) is 13.7 Å². The van der Waals surface area contributed by atoms with Crippen LogP contribution < -0.4 is 148 Å². The Bertz CT molecular complexity index is 1150. The van der Waals surface area contributed by atoms with Crippen LogP contribution in [0.25, 0.3) is 11.1 Å². The van der Waals surface area contributed by atoms with Crippen LogP contribution >= 0.6 is 0 Å². The Hall–Kier alpha value is 0.504. The van der Waals surface area contributed by atoms with Crippen LogP contribution in [0, 0.1) is 32.6 Å². The van der Waals surface area contributed by atoms with Gasteiger partial charge in [0.25, 0.3) is 0 Å². The van der Waals surface area contributed by atoms with Gasteiger partial charge in [-0.15, -0.1) is 0 Å². The minimum atomic E-state index is -0.468. The van der Waals surface area contributed by atoms with Crippen molar-refractivity contribution in [1.82, 2.24) is 14.9 Å². The van der Waals surface area contributed by atoms with Crippen LogP contribution in [-0.4, -0.2) is 45.4 Å². The number of rotatable bonds is 7. The molecule has 1 heterocycles. The fraction of sp³-hybridized carbons (Fsp3) is 0.286. The van der Waals surface area contributed by atoms with Crippen molar-refractivity contribution in [3.63, 3.8) is 0 Å². The number of carbonyl (C=O) groups is 1. The Morgan fingerprint density at radius 3 is 2.22 bits per heavy atom. The topological polar surface area (TPSA) is 96.6 Å². The summed E-state index contributed by atoms with van der Waals surface area (Å²) >= 11 is 0. The first-order valence-corrected chi connectivity index (χ1v) is 10.9. The number of benzene rings is 2. The first-order chi connectivity index (χ1) is 16.1. The molecule has 1 aromatic heterocycles. The third-order valence-corrected chi connectivity index (χ3v) is 5.87. The van der Waals surface area contributed by atoms with Crippen molar-refractivity contribution in [2.45, 2.75) is 31.6 Å². The summed E-state index contributed by atoms with van der Waals surface area (Å²) in [5.74, 6) is 7.54. The van der Waals surface area contributed by atoms with Gasteiger partial charge in [0.1, 0.15) is 30.3 Å². The summed E-state index contributed by atoms with van der Waals surface area (Å²) in [4.78, 5) is 15.6. The quantitative estimate of drug-likeness (QED) is 0.183. The number of nitrogens with zero attached hydrogens (tertiary/aromatic N) is 2. The molecule has 0 aliphatic heterocycles. The average molecular weight is 741 g/mol. The van der Waals surface area contributed by atoms with Gasteiger partial charge >= 0.3 is 138 Å². The molecule has 7 nitrogen and oxygen atoms in total. The second-order valence-corrected chi connectivity index (χ2v) is 8.00. The molecule has 37 heavy (non-hydrogen) atoms. The van der Waals surface area contributed by atoms with E-state index in [0.717, 1.165) is 35.3 Å². The molecule has 2 aromatic carbocycles. The van der Waals surface area contributed by atoms with Gasteiger partial charge < -0.3 is 39.7 Å². The maximum Gasteiger partial charge on any atom is 1.00 e. The average Bonchev–Trinajstić information content (AvgIpc) is 3.31. The minimum absolute atomic E-state index is 0. The summed E-state index contributed by atoms with van der Waals surface area (Å²) < 4.78 is 7.63. The summed E-state index contributed by atoms with van der Waals surface area (Å²) in [7, 11) is 1.66. The van der Waals surface area contributed by atoms with Crippen LogP contribution in [0.1, 0.15) is 30.3 Å². The van der Waals surface area contributed by atoms with Crippen LogP contribution in [0.5, 0.6) is 5.75 Å². The molecular formula is C28H33Cs2N3O4. The predicted molar refractivity (Wildman–Crippen MR) is 137 cm³/mol. The van der Waals surface area contributed by atoms with Crippen molar-refractivity contribution in [2.24, 2.45) is 5.92 Å². The van der Waals surface area contributed by atoms with Gasteiger partial charge in [-0.3, -0.25) is 4.79 Å². The van der Waals surface area contributed by atoms with E-state index in [4.69, 9.17) is 4.74 Å². The van der Waals surface area contributed by atoms with Crippen molar-refractivity contribution in [3.05, 3.63) is 87.2 Å². The Labute approximate surface area is 338 Å². The van der Waals surface area contributed by atoms with Gasteiger partial charge in [-0.25, -0.2) is 4.98 Å². The standard InChI is InChI=1S/C26H27N3O4.2CH3.2Cs/c1-27-26(32)21-14-24(15-21)33-23-10-7-20(8-11-23)19-5-2-18(3-6-19)4-9-22(16-30)29-13-12-28-25(29)17-31;;;;/h2-3,5-8,10-13,21-22,24,30-31H,14-17H2,1H3,(H,27,32);2*1H3;;/q;2*-1;2*+1. The SMILES string of the molecule is CNC(=O)C1CC(Oc2ccc(-c3ccc(C#CC(CO)n4ccnc4CO)cc3)cc2)C1.[CH3-].[CH3-].[Cs+].[Cs+]. The van der Waals surface area contributed by atoms with Crippen molar-refractivity contribution < 1.29 is 158 Å². The number of hydrogen-bond acceptors (Lipinski definition) is 5. The smallest absolute Gasteiger partial charge is 0.490 e. The van der Waals surface area contributed by atoms with E-state index in [9.17, 15) is 15.0 Å². The zero-order valence-electron chi connectivity index (χ0n) is 22.4. The van der Waals surface area contributed by atoms with E-state index >= 15 is 0 Å². The number of aliphatic hydroxyl groups excluding tert-OH is 2. The van der Waals surface area contributed by atoms with E-state index < -0.39 is 6.04 Å². The number of amides is 1. The largest absolute Gasteiger partial charge is 1.00 e. The molecular weight excluding hydrogens is 708 g/mol. The number of nitrogens with one attached hydrogen (secondary N) is 1. The summed E-state index contributed by atoms with van der Waals surface area (Å²) in [6.45, 7) is -0.378. The van der Waals surface area contributed by atoms with Crippen LogP contribution in [-0.2, 0) is 11.4 Å². The van der Waals surface area contributed by atoms with Crippen LogP contribution in [0.15, 0.2) is 60.9 Å². The molecule has 0 bridgehead atoms. The molecule has 186 valence electrons. The normalized spacial score (nSPS) is 16.0. The summed E-state index contributed by atoms with van der Waals surface area (Å²) in [6.07, 6.45) is 4.87. The van der Waals surface area contributed by atoms with E-state index in [0.29, 0.717) is 5.82 Å². The zero-order valence-corrected chi connectivity index (χ0v) is 35.0. The third-order valence-electron chi connectivity index (χ3n) is 5.87. The predicted octanol–water partition coefficient (Wildman–Crippen LogP) is -2.56. The van der Waals surface area contributed by atoms with Crippen molar-refractivity contribution in [3.8, 4) is 28.7 Å². The molecule has 1 atom stereocenters. The minimum Gasteiger partial charge on any atom is -0.490 e. The second kappa shape index (κ2) is 18.8. The summed E-state index contributed by atoms with van der Waals surface area (Å²) in [6, 6.07) is 15.4. The number of aliphatic hydroxyl groups is 2. The van der Waals surface area contributed by atoms with Crippen molar-refractivity contribution in [1.29, 1.82) is 0 Å². The molecule has 0 spiro atoms. The molecule has 9 heteroatoms. The molecule has 1 aliphatic carbocycles. The molecule has 0 radical (unpaired) electrons. The van der Waals surface area contributed by atoms with E-state index in [1.54, 1.807) is 24.0 Å². The zero-order chi connectivity index (χ0) is 23.2. The van der Waals surface area contributed by atoms with Gasteiger partial charge in [0.05, 0.1) is 6.61 Å². The Morgan fingerprint density at radius 1 is 1.08 bits per heavy atom. The van der Waals surface area contributed by atoms with E-state index in [1.807, 2.05) is 48.5 Å². The molecule has 3 N–H and O–H groups in total. The van der Waals surface area contributed by atoms with E-state index in [1.165, 1.54) is 0 Å². The van der Waals surface area contributed by atoms with Gasteiger partial charge in [-0.2, -0.15) is 0 Å². The Balaban J connectivity index is 0.00000324. The fourth-order valence-electron chi connectivity index (χ4n) is 3.86. The molecule has 0 saturated heterocycles. The summed E-state index contributed by atoms with van der Waals surface area (Å²) in [5, 5.41) is 21.7. The van der Waals surface area contributed by atoms with E-state index in [2.05, 4.69) is 22.1 Å². The fourth-order valence-corrected chi connectivity index (χ4v) is 3.86. The monoisotopic (exact) mass is 741 g/mol. The second-order valence-electron chi connectivity index (χ2n) is 8.00. The molecule has 1 saturated carbocycles. The van der Waals surface area contributed by atoms with Gasteiger partial charge in [0.15, 0.2) is 0 Å². The summed E-state index contributed by atoms with van der Waals surface area (Å²) in [5.41, 5.74) is 2.96. The first kappa shape index (κ1) is 37.5. The number of carbonyl (C=O) groups excluding carboxylic acids is 1. The van der Waals surface area contributed by atoms with E-state index in [-0.39, 0.29) is 184 Å². The number of aromatic nitrogens is 2. The van der Waals surface area contributed by atoms with Gasteiger partial charge in [-0.05, 0) is 48.2 Å². The van der Waals surface area contributed by atoms with Crippen LogP contribution in [0.4, 0.5) is 0 Å². The molecule has 1 amide bonds. The first-order valence-electron chi connectivity index (χ1n) is 10.9. The van der Waals surface area contributed by atoms with Crippen LogP contribution in [0.3, 0.4) is 0 Å². The van der Waals surface area contributed by atoms with Gasteiger partial charge in [0, 0.05) is 30.9 Å². The molecule has 4 rings (SSSR count). The maximum absolute atomic E-state index is 11.6. The van der Waals surface area contributed by atoms with Gasteiger partial charge in [0.2, 0.25) is 5.91 Å². The Morgan fingerprint density at radius 2 is 1.68 bits per heavy atom. The third kappa shape index (κ3) is 10.1. The van der Waals surface area contributed by atoms with Crippen molar-refractivity contribution >= 4 is 5.91 Å².